The van der Waals surface area contributed by atoms with Gasteiger partial charge in [-0.2, -0.15) is 5.10 Å². The Morgan fingerprint density at radius 2 is 2.10 bits per heavy atom. The summed E-state index contributed by atoms with van der Waals surface area (Å²) in [5.74, 6) is 0.402. The molecular formula is C15H18ClN3OS. The molecule has 6 heteroatoms. The van der Waals surface area contributed by atoms with Gasteiger partial charge in [-0.1, -0.05) is 18.5 Å². The molecule has 0 radical (unpaired) electrons. The van der Waals surface area contributed by atoms with Crippen LogP contribution in [-0.4, -0.2) is 21.4 Å². The molecule has 1 atom stereocenters. The van der Waals surface area contributed by atoms with Crippen molar-refractivity contribution in [2.75, 3.05) is 5.75 Å². The lowest BCUT2D eigenvalue weighted by Gasteiger charge is -2.17. The molecule has 0 saturated carbocycles. The van der Waals surface area contributed by atoms with Crippen LogP contribution in [-0.2, 0) is 11.8 Å². The molecule has 0 spiro atoms. The number of carbonyl (C=O) groups is 1. The molecule has 0 aliphatic heterocycles. The Hall–Kier alpha value is -1.46. The van der Waals surface area contributed by atoms with Crippen molar-refractivity contribution in [1.82, 2.24) is 15.1 Å². The van der Waals surface area contributed by atoms with Crippen molar-refractivity contribution >= 4 is 29.3 Å². The maximum atomic E-state index is 12.1. The minimum atomic E-state index is -0.00387. The van der Waals surface area contributed by atoms with Gasteiger partial charge < -0.3 is 5.32 Å². The van der Waals surface area contributed by atoms with Gasteiger partial charge in [-0.15, -0.1) is 11.8 Å². The van der Waals surface area contributed by atoms with Gasteiger partial charge in [0.05, 0.1) is 17.5 Å². The second-order valence-corrected chi connectivity index (χ2v) is 6.14. The number of halogens is 1. The summed E-state index contributed by atoms with van der Waals surface area (Å²) in [6, 6.07) is 9.41. The third-order valence-corrected chi connectivity index (χ3v) is 4.41. The summed E-state index contributed by atoms with van der Waals surface area (Å²) in [6.45, 7) is 2.05. The van der Waals surface area contributed by atoms with E-state index in [1.807, 2.05) is 44.3 Å². The SMILES string of the molecule is CCC(NC(=O)CSc1ccc(Cl)cc1)c1ccnn1C. The van der Waals surface area contributed by atoms with Crippen molar-refractivity contribution < 1.29 is 4.79 Å². The number of thioether (sulfide) groups is 1. The molecular weight excluding hydrogens is 306 g/mol. The molecule has 0 aliphatic carbocycles. The van der Waals surface area contributed by atoms with Crippen LogP contribution in [0.25, 0.3) is 0 Å². The molecule has 0 aliphatic rings. The molecule has 4 nitrogen and oxygen atoms in total. The number of amides is 1. The third kappa shape index (κ3) is 4.51. The minimum absolute atomic E-state index is 0.00387. The lowest BCUT2D eigenvalue weighted by atomic mass is 10.1. The van der Waals surface area contributed by atoms with E-state index in [4.69, 9.17) is 11.6 Å². The van der Waals surface area contributed by atoms with Gasteiger partial charge in [0, 0.05) is 23.2 Å². The summed E-state index contributed by atoms with van der Waals surface area (Å²) in [4.78, 5) is 13.1. The van der Waals surface area contributed by atoms with E-state index in [9.17, 15) is 4.79 Å². The van der Waals surface area contributed by atoms with Gasteiger partial charge in [0.15, 0.2) is 0 Å². The van der Waals surface area contributed by atoms with Crippen LogP contribution in [0, 0.1) is 0 Å². The Morgan fingerprint density at radius 1 is 1.38 bits per heavy atom. The first-order valence-corrected chi connectivity index (χ1v) is 8.12. The summed E-state index contributed by atoms with van der Waals surface area (Å²) in [5, 5.41) is 7.89. The highest BCUT2D eigenvalue weighted by atomic mass is 35.5. The van der Waals surface area contributed by atoms with Crippen molar-refractivity contribution in [2.24, 2.45) is 7.05 Å². The number of carbonyl (C=O) groups excluding carboxylic acids is 1. The zero-order valence-electron chi connectivity index (χ0n) is 12.0. The van der Waals surface area contributed by atoms with Gasteiger partial charge in [-0.3, -0.25) is 9.48 Å². The van der Waals surface area contributed by atoms with E-state index in [0.717, 1.165) is 17.0 Å². The van der Waals surface area contributed by atoms with Crippen LogP contribution in [0.15, 0.2) is 41.4 Å². The van der Waals surface area contributed by atoms with Gasteiger partial charge in [0.2, 0.25) is 5.91 Å². The number of hydrogen-bond acceptors (Lipinski definition) is 3. The van der Waals surface area contributed by atoms with Gasteiger partial charge >= 0.3 is 0 Å². The first-order valence-electron chi connectivity index (χ1n) is 6.75. The van der Waals surface area contributed by atoms with Crippen LogP contribution >= 0.6 is 23.4 Å². The molecule has 112 valence electrons. The molecule has 1 amide bonds. The van der Waals surface area contributed by atoms with E-state index in [-0.39, 0.29) is 11.9 Å². The fourth-order valence-corrected chi connectivity index (χ4v) is 2.86. The number of nitrogens with one attached hydrogen (secondary N) is 1. The fourth-order valence-electron chi connectivity index (χ4n) is 2.03. The number of hydrogen-bond donors (Lipinski definition) is 1. The maximum absolute atomic E-state index is 12.1. The molecule has 1 unspecified atom stereocenters. The molecule has 0 bridgehead atoms. The molecule has 2 aromatic rings. The first kappa shape index (κ1) is 15.9. The van der Waals surface area contributed by atoms with Gasteiger partial charge in [0.1, 0.15) is 0 Å². The monoisotopic (exact) mass is 323 g/mol. The highest BCUT2D eigenvalue weighted by Gasteiger charge is 2.15. The van der Waals surface area contributed by atoms with Gasteiger partial charge in [0.25, 0.3) is 0 Å². The van der Waals surface area contributed by atoms with E-state index < -0.39 is 0 Å². The Morgan fingerprint density at radius 3 is 2.67 bits per heavy atom. The van der Waals surface area contributed by atoms with Crippen molar-refractivity contribution in [3.05, 3.63) is 47.2 Å². The fraction of sp³-hybridized carbons (Fsp3) is 0.333. The second kappa shape index (κ2) is 7.52. The summed E-state index contributed by atoms with van der Waals surface area (Å²) in [7, 11) is 1.88. The van der Waals surface area contributed by atoms with Crippen LogP contribution in [0.1, 0.15) is 25.1 Å². The standard InChI is InChI=1S/C15H18ClN3OS/c1-3-13(14-8-9-17-19(14)2)18-15(20)10-21-12-6-4-11(16)5-7-12/h4-9,13H,3,10H2,1-2H3,(H,18,20). The predicted octanol–water partition coefficient (Wildman–Crippen LogP) is 3.43. The van der Waals surface area contributed by atoms with E-state index in [1.54, 1.807) is 10.9 Å². The Bertz CT molecular complexity index is 597. The average Bonchev–Trinajstić information content (AvgIpc) is 2.90. The molecule has 1 N–H and O–H groups in total. The quantitative estimate of drug-likeness (QED) is 0.828. The number of aryl methyl sites for hydroxylation is 1. The van der Waals surface area contributed by atoms with E-state index in [1.165, 1.54) is 11.8 Å². The minimum Gasteiger partial charge on any atom is -0.347 e. The highest BCUT2D eigenvalue weighted by molar-refractivity contribution is 8.00. The smallest absolute Gasteiger partial charge is 0.230 e. The zero-order chi connectivity index (χ0) is 15.2. The number of nitrogens with zero attached hydrogens (tertiary/aromatic N) is 2. The highest BCUT2D eigenvalue weighted by Crippen LogP contribution is 2.21. The Labute approximate surface area is 133 Å². The van der Waals surface area contributed by atoms with Crippen molar-refractivity contribution in [2.45, 2.75) is 24.3 Å². The van der Waals surface area contributed by atoms with Crippen LogP contribution in [0.2, 0.25) is 5.02 Å². The largest absolute Gasteiger partial charge is 0.347 e. The summed E-state index contributed by atoms with van der Waals surface area (Å²) >= 11 is 7.34. The van der Waals surface area contributed by atoms with E-state index in [0.29, 0.717) is 10.8 Å². The maximum Gasteiger partial charge on any atom is 0.230 e. The third-order valence-electron chi connectivity index (χ3n) is 3.14. The average molecular weight is 324 g/mol. The predicted molar refractivity (Wildman–Crippen MR) is 86.6 cm³/mol. The number of rotatable bonds is 6. The van der Waals surface area contributed by atoms with Gasteiger partial charge in [-0.25, -0.2) is 0 Å². The van der Waals surface area contributed by atoms with Crippen molar-refractivity contribution in [3.63, 3.8) is 0 Å². The van der Waals surface area contributed by atoms with Crippen LogP contribution < -0.4 is 5.32 Å². The summed E-state index contributed by atoms with van der Waals surface area (Å²) in [6.07, 6.45) is 2.57. The Balaban J connectivity index is 1.88. The molecule has 1 heterocycles. The molecule has 1 aromatic heterocycles. The molecule has 0 saturated heterocycles. The lowest BCUT2D eigenvalue weighted by molar-refractivity contribution is -0.119. The number of benzene rings is 1. The number of aromatic nitrogens is 2. The molecule has 21 heavy (non-hydrogen) atoms. The van der Waals surface area contributed by atoms with Crippen LogP contribution in [0.5, 0.6) is 0 Å². The second-order valence-electron chi connectivity index (χ2n) is 4.65. The zero-order valence-corrected chi connectivity index (χ0v) is 13.6. The van der Waals surface area contributed by atoms with E-state index >= 15 is 0 Å². The molecule has 2 rings (SSSR count). The van der Waals surface area contributed by atoms with E-state index in [2.05, 4.69) is 10.4 Å². The normalized spacial score (nSPS) is 12.1. The van der Waals surface area contributed by atoms with Crippen LogP contribution in [0.4, 0.5) is 0 Å². The lowest BCUT2D eigenvalue weighted by Crippen LogP contribution is -2.30. The van der Waals surface area contributed by atoms with Crippen LogP contribution in [0.3, 0.4) is 0 Å². The van der Waals surface area contributed by atoms with Crippen molar-refractivity contribution in [1.29, 1.82) is 0 Å². The first-order chi connectivity index (χ1) is 10.1. The van der Waals surface area contributed by atoms with Gasteiger partial charge in [-0.05, 0) is 36.8 Å². The molecule has 0 fully saturated rings. The van der Waals surface area contributed by atoms with Crippen molar-refractivity contribution in [3.8, 4) is 0 Å². The Kier molecular flexibility index (Phi) is 5.70. The summed E-state index contributed by atoms with van der Waals surface area (Å²) < 4.78 is 1.79. The topological polar surface area (TPSA) is 46.9 Å². The summed E-state index contributed by atoms with van der Waals surface area (Å²) in [5.41, 5.74) is 1.02. The molecule has 1 aromatic carbocycles.